The lowest BCUT2D eigenvalue weighted by atomic mass is 10.0. The maximum absolute atomic E-state index is 11.1. The highest BCUT2D eigenvalue weighted by Gasteiger charge is 2.28. The molecule has 0 heterocycles. The molecule has 1 fully saturated rings. The molecule has 3 atom stereocenters. The average molecular weight is 433 g/mol. The number of hydrogen-bond donors (Lipinski definition) is 1. The molecular formula is C27H28O5. The van der Waals surface area contributed by atoms with E-state index in [2.05, 4.69) is 18.2 Å². The molecule has 0 aromatic heterocycles. The first-order chi connectivity index (χ1) is 15.6. The molecule has 0 aliphatic heterocycles. The van der Waals surface area contributed by atoms with Crippen LogP contribution in [-0.2, 0) is 16.0 Å². The Morgan fingerprint density at radius 2 is 1.56 bits per heavy atom. The van der Waals surface area contributed by atoms with E-state index in [4.69, 9.17) is 19.3 Å². The summed E-state index contributed by atoms with van der Waals surface area (Å²) >= 11 is 0. The number of carboxylic acid groups (broad SMARTS) is 1. The molecule has 5 nitrogen and oxygen atoms in total. The number of methoxy groups -OCH3 is 1. The standard InChI is InChI=1S/C27H28O5/c1-30-26(27(28)29)17-19-11-13-21(14-12-19)31-22-15-16-23(18-22)32-25-10-6-5-9-24(25)20-7-3-2-4-8-20/h2-14,22-23,26H,15-18H2,1H3,(H,28,29)/t22-,23?,26+/m1/s1. The van der Waals surface area contributed by atoms with Crippen LogP contribution in [0.15, 0.2) is 78.9 Å². The Morgan fingerprint density at radius 3 is 2.25 bits per heavy atom. The van der Waals surface area contributed by atoms with Crippen LogP contribution in [0.2, 0.25) is 0 Å². The van der Waals surface area contributed by atoms with Gasteiger partial charge >= 0.3 is 5.97 Å². The van der Waals surface area contributed by atoms with Gasteiger partial charge in [-0.15, -0.1) is 0 Å². The Bertz CT molecular complexity index is 1020. The maximum atomic E-state index is 11.1. The minimum absolute atomic E-state index is 0.0977. The zero-order valence-corrected chi connectivity index (χ0v) is 18.1. The van der Waals surface area contributed by atoms with E-state index in [1.807, 2.05) is 60.7 Å². The van der Waals surface area contributed by atoms with Gasteiger partial charge in [-0.1, -0.05) is 60.7 Å². The highest BCUT2D eigenvalue weighted by atomic mass is 16.5. The molecule has 5 heteroatoms. The van der Waals surface area contributed by atoms with Crippen molar-refractivity contribution in [1.82, 2.24) is 0 Å². The van der Waals surface area contributed by atoms with Crippen LogP contribution >= 0.6 is 0 Å². The summed E-state index contributed by atoms with van der Waals surface area (Å²) in [4.78, 5) is 11.1. The van der Waals surface area contributed by atoms with E-state index >= 15 is 0 Å². The first-order valence-electron chi connectivity index (χ1n) is 10.9. The fourth-order valence-electron chi connectivity index (χ4n) is 4.10. The number of aliphatic carboxylic acids is 1. The van der Waals surface area contributed by atoms with E-state index in [9.17, 15) is 4.79 Å². The van der Waals surface area contributed by atoms with Crippen molar-refractivity contribution < 1.29 is 24.1 Å². The van der Waals surface area contributed by atoms with Crippen LogP contribution in [0, 0.1) is 0 Å². The molecular weight excluding hydrogens is 404 g/mol. The summed E-state index contributed by atoms with van der Waals surface area (Å²) < 4.78 is 17.5. The van der Waals surface area contributed by atoms with Crippen LogP contribution in [0.1, 0.15) is 24.8 Å². The lowest BCUT2D eigenvalue weighted by molar-refractivity contribution is -0.148. The largest absolute Gasteiger partial charge is 0.490 e. The van der Waals surface area contributed by atoms with Crippen LogP contribution in [0.25, 0.3) is 11.1 Å². The summed E-state index contributed by atoms with van der Waals surface area (Å²) in [6.45, 7) is 0. The summed E-state index contributed by atoms with van der Waals surface area (Å²) in [5, 5.41) is 9.13. The molecule has 3 aromatic carbocycles. The molecule has 1 N–H and O–H groups in total. The molecule has 0 bridgehead atoms. The molecule has 3 aromatic rings. The van der Waals surface area contributed by atoms with E-state index in [1.165, 1.54) is 7.11 Å². The van der Waals surface area contributed by atoms with Crippen molar-refractivity contribution in [2.75, 3.05) is 7.11 Å². The Labute approximate surface area is 188 Å². The molecule has 1 aliphatic rings. The number of para-hydroxylation sites is 1. The van der Waals surface area contributed by atoms with Gasteiger partial charge in [0.05, 0.1) is 0 Å². The van der Waals surface area contributed by atoms with Crippen molar-refractivity contribution in [3.8, 4) is 22.6 Å². The molecule has 166 valence electrons. The van der Waals surface area contributed by atoms with Crippen LogP contribution in [0.5, 0.6) is 11.5 Å². The Balaban J connectivity index is 1.34. The van der Waals surface area contributed by atoms with Gasteiger partial charge in [-0.3, -0.25) is 0 Å². The number of rotatable bonds is 9. The lowest BCUT2D eigenvalue weighted by Crippen LogP contribution is -2.24. The molecule has 0 saturated heterocycles. The predicted molar refractivity (Wildman–Crippen MR) is 123 cm³/mol. The minimum atomic E-state index is -0.960. The first kappa shape index (κ1) is 21.9. The quantitative estimate of drug-likeness (QED) is 0.492. The molecule has 1 saturated carbocycles. The van der Waals surface area contributed by atoms with Crippen LogP contribution in [0.3, 0.4) is 0 Å². The van der Waals surface area contributed by atoms with Crippen LogP contribution in [0.4, 0.5) is 0 Å². The molecule has 1 unspecified atom stereocenters. The third-order valence-corrected chi connectivity index (χ3v) is 5.81. The number of carboxylic acids is 1. The Hall–Kier alpha value is -3.31. The molecule has 0 radical (unpaired) electrons. The van der Waals surface area contributed by atoms with E-state index < -0.39 is 12.1 Å². The summed E-state index contributed by atoms with van der Waals surface area (Å²) in [5.41, 5.74) is 3.15. The minimum Gasteiger partial charge on any atom is -0.490 e. The first-order valence-corrected chi connectivity index (χ1v) is 10.9. The summed E-state index contributed by atoms with van der Waals surface area (Å²) in [6, 6.07) is 26.0. The summed E-state index contributed by atoms with van der Waals surface area (Å²) in [5.74, 6) is 0.729. The second kappa shape index (κ2) is 10.3. The molecule has 0 amide bonds. The van der Waals surface area contributed by atoms with Gasteiger partial charge in [-0.05, 0) is 42.2 Å². The van der Waals surface area contributed by atoms with Gasteiger partial charge < -0.3 is 19.3 Å². The van der Waals surface area contributed by atoms with Crippen molar-refractivity contribution in [1.29, 1.82) is 0 Å². The molecule has 32 heavy (non-hydrogen) atoms. The second-order valence-corrected chi connectivity index (χ2v) is 8.07. The normalized spacial score (nSPS) is 18.8. The molecule has 1 aliphatic carbocycles. The topological polar surface area (TPSA) is 65.0 Å². The van der Waals surface area contributed by atoms with E-state index in [0.29, 0.717) is 6.42 Å². The van der Waals surface area contributed by atoms with E-state index in [1.54, 1.807) is 0 Å². The Morgan fingerprint density at radius 1 is 0.906 bits per heavy atom. The highest BCUT2D eigenvalue weighted by Crippen LogP contribution is 2.34. The van der Waals surface area contributed by atoms with Crippen LogP contribution < -0.4 is 9.47 Å². The van der Waals surface area contributed by atoms with Gasteiger partial charge in [0, 0.05) is 25.5 Å². The van der Waals surface area contributed by atoms with Crippen molar-refractivity contribution >= 4 is 5.97 Å². The second-order valence-electron chi connectivity index (χ2n) is 8.07. The summed E-state index contributed by atoms with van der Waals surface area (Å²) in [6.07, 6.45) is 2.41. The number of carbonyl (C=O) groups is 1. The zero-order valence-electron chi connectivity index (χ0n) is 18.1. The maximum Gasteiger partial charge on any atom is 0.333 e. The van der Waals surface area contributed by atoms with Crippen molar-refractivity contribution in [2.45, 2.75) is 44.0 Å². The Kier molecular flexibility index (Phi) is 7.07. The molecule has 4 rings (SSSR count). The van der Waals surface area contributed by atoms with Gasteiger partial charge in [0.25, 0.3) is 0 Å². The predicted octanol–water partition coefficient (Wildman–Crippen LogP) is 5.37. The summed E-state index contributed by atoms with van der Waals surface area (Å²) in [7, 11) is 1.41. The van der Waals surface area contributed by atoms with E-state index in [0.717, 1.165) is 47.5 Å². The zero-order chi connectivity index (χ0) is 22.3. The SMILES string of the molecule is CO[C@@H](Cc1ccc(O[C@@H]2CCC(Oc3ccccc3-c3ccccc3)C2)cc1)C(=O)O. The number of hydrogen-bond acceptors (Lipinski definition) is 4. The molecule has 0 spiro atoms. The number of ether oxygens (including phenoxy) is 3. The number of benzene rings is 3. The van der Waals surface area contributed by atoms with Gasteiger partial charge in [-0.2, -0.15) is 0 Å². The highest BCUT2D eigenvalue weighted by molar-refractivity contribution is 5.72. The van der Waals surface area contributed by atoms with Gasteiger partial charge in [0.1, 0.15) is 23.7 Å². The lowest BCUT2D eigenvalue weighted by Gasteiger charge is -2.18. The van der Waals surface area contributed by atoms with Gasteiger partial charge in [0.15, 0.2) is 6.10 Å². The van der Waals surface area contributed by atoms with Gasteiger partial charge in [-0.25, -0.2) is 4.79 Å². The van der Waals surface area contributed by atoms with Crippen LogP contribution in [-0.4, -0.2) is 36.5 Å². The fraction of sp³-hybridized carbons (Fsp3) is 0.296. The third-order valence-electron chi connectivity index (χ3n) is 5.81. The van der Waals surface area contributed by atoms with Crippen molar-refractivity contribution in [3.63, 3.8) is 0 Å². The smallest absolute Gasteiger partial charge is 0.333 e. The van der Waals surface area contributed by atoms with Gasteiger partial charge in [0.2, 0.25) is 0 Å². The van der Waals surface area contributed by atoms with E-state index in [-0.39, 0.29) is 12.2 Å². The fourth-order valence-corrected chi connectivity index (χ4v) is 4.10. The van der Waals surface area contributed by atoms with Crippen molar-refractivity contribution in [2.24, 2.45) is 0 Å². The third kappa shape index (κ3) is 5.48. The monoisotopic (exact) mass is 432 g/mol. The average Bonchev–Trinajstić information content (AvgIpc) is 3.26. The van der Waals surface area contributed by atoms with Crippen molar-refractivity contribution in [3.05, 3.63) is 84.4 Å².